The van der Waals surface area contributed by atoms with Gasteiger partial charge in [0.25, 0.3) is 11.3 Å². The predicted octanol–water partition coefficient (Wildman–Crippen LogP) is 1.69. The van der Waals surface area contributed by atoms with Crippen molar-refractivity contribution in [3.05, 3.63) is 57.5 Å². The predicted molar refractivity (Wildman–Crippen MR) is 85.4 cm³/mol. The van der Waals surface area contributed by atoms with Crippen LogP contribution in [-0.2, 0) is 19.1 Å². The Labute approximate surface area is 137 Å². The minimum absolute atomic E-state index is 0.197. The van der Waals surface area contributed by atoms with E-state index in [-0.39, 0.29) is 16.7 Å². The third kappa shape index (κ3) is 2.76. The lowest BCUT2D eigenvalue weighted by Gasteiger charge is -2.29. The maximum atomic E-state index is 12.6. The first-order valence-electron chi connectivity index (χ1n) is 7.34. The molecule has 0 bridgehead atoms. The number of esters is 2. The van der Waals surface area contributed by atoms with Crippen LogP contribution in [0.3, 0.4) is 0 Å². The van der Waals surface area contributed by atoms with E-state index in [2.05, 4.69) is 5.10 Å². The molecule has 24 heavy (non-hydrogen) atoms. The van der Waals surface area contributed by atoms with Gasteiger partial charge in [0.05, 0.1) is 11.3 Å². The zero-order valence-electron chi connectivity index (χ0n) is 13.5. The van der Waals surface area contributed by atoms with E-state index >= 15 is 0 Å². The minimum atomic E-state index is -1.32. The van der Waals surface area contributed by atoms with Crippen molar-refractivity contribution in [3.8, 4) is 5.69 Å². The molecule has 0 amide bonds. The number of aromatic amines is 1. The molecular weight excluding hydrogens is 312 g/mol. The van der Waals surface area contributed by atoms with E-state index in [4.69, 9.17) is 9.47 Å². The average molecular weight is 328 g/mol. The molecule has 3 rings (SSSR count). The van der Waals surface area contributed by atoms with Crippen LogP contribution in [0, 0.1) is 6.92 Å². The molecule has 0 atom stereocenters. The number of cyclic esters (lactones) is 2. The van der Waals surface area contributed by atoms with Crippen molar-refractivity contribution in [1.29, 1.82) is 0 Å². The number of ether oxygens (including phenoxy) is 2. The molecule has 7 nitrogen and oxygen atoms in total. The fraction of sp³-hybridized carbons (Fsp3) is 0.235. The van der Waals surface area contributed by atoms with E-state index in [9.17, 15) is 14.4 Å². The standard InChI is InChI=1S/C17H16N2O5/c1-10-12(9-13-15(21)23-17(2,3)24-16(13)22)14(20)19(18-10)11-7-5-4-6-8-11/h4-9,18H,1-3H3. The smallest absolute Gasteiger partial charge is 0.348 e. The summed E-state index contributed by atoms with van der Waals surface area (Å²) in [6.45, 7) is 4.60. The quantitative estimate of drug-likeness (QED) is 0.515. The number of nitrogens with one attached hydrogen (secondary N) is 1. The number of nitrogens with zero attached hydrogens (tertiary/aromatic N) is 1. The van der Waals surface area contributed by atoms with E-state index in [0.717, 1.165) is 0 Å². The van der Waals surface area contributed by atoms with E-state index in [1.54, 1.807) is 31.2 Å². The summed E-state index contributed by atoms with van der Waals surface area (Å²) in [4.78, 5) is 36.6. The van der Waals surface area contributed by atoms with Crippen LogP contribution < -0.4 is 5.56 Å². The first-order chi connectivity index (χ1) is 11.3. The summed E-state index contributed by atoms with van der Waals surface area (Å²) in [5.74, 6) is -2.95. The van der Waals surface area contributed by atoms with Crippen molar-refractivity contribution in [2.75, 3.05) is 0 Å². The van der Waals surface area contributed by atoms with Crippen LogP contribution in [0.15, 0.2) is 40.7 Å². The van der Waals surface area contributed by atoms with Gasteiger partial charge in [0.1, 0.15) is 5.57 Å². The fourth-order valence-electron chi connectivity index (χ4n) is 2.41. The summed E-state index contributed by atoms with van der Waals surface area (Å²) in [5.41, 5.74) is 0.666. The lowest BCUT2D eigenvalue weighted by molar-refractivity contribution is -0.222. The highest BCUT2D eigenvalue weighted by Gasteiger charge is 2.39. The molecule has 1 aliphatic heterocycles. The van der Waals surface area contributed by atoms with Gasteiger partial charge in [-0.2, -0.15) is 0 Å². The van der Waals surface area contributed by atoms with Crippen LogP contribution in [0.1, 0.15) is 25.1 Å². The number of carbonyl (C=O) groups is 2. The molecule has 2 aromatic rings. The molecule has 1 fully saturated rings. The van der Waals surface area contributed by atoms with Crippen molar-refractivity contribution in [1.82, 2.24) is 9.78 Å². The number of hydrogen-bond acceptors (Lipinski definition) is 5. The molecule has 124 valence electrons. The Morgan fingerprint density at radius 1 is 1.04 bits per heavy atom. The Balaban J connectivity index is 2.06. The van der Waals surface area contributed by atoms with Gasteiger partial charge in [-0.15, -0.1) is 0 Å². The van der Waals surface area contributed by atoms with E-state index < -0.39 is 17.7 Å². The average Bonchev–Trinajstić information content (AvgIpc) is 2.78. The topological polar surface area (TPSA) is 90.4 Å². The van der Waals surface area contributed by atoms with E-state index in [0.29, 0.717) is 11.4 Å². The van der Waals surface area contributed by atoms with Gasteiger partial charge < -0.3 is 9.47 Å². The molecule has 0 saturated carbocycles. The third-order valence-electron chi connectivity index (χ3n) is 3.54. The van der Waals surface area contributed by atoms with Crippen LogP contribution in [-0.4, -0.2) is 27.5 Å². The summed E-state index contributed by atoms with van der Waals surface area (Å²) in [6.07, 6.45) is 1.20. The highest BCUT2D eigenvalue weighted by atomic mass is 16.7. The number of H-pyrrole nitrogens is 1. The Kier molecular flexibility index (Phi) is 3.63. The molecule has 0 spiro atoms. The van der Waals surface area contributed by atoms with Crippen molar-refractivity contribution < 1.29 is 19.1 Å². The zero-order chi connectivity index (χ0) is 17.5. The van der Waals surface area contributed by atoms with E-state index in [1.165, 1.54) is 24.6 Å². The molecule has 1 aromatic carbocycles. The summed E-state index contributed by atoms with van der Waals surface area (Å²) >= 11 is 0. The van der Waals surface area contributed by atoms with Gasteiger partial charge in [-0.05, 0) is 25.1 Å². The first-order valence-corrected chi connectivity index (χ1v) is 7.34. The van der Waals surface area contributed by atoms with Gasteiger partial charge in [-0.25, -0.2) is 14.3 Å². The van der Waals surface area contributed by atoms with Crippen LogP contribution in [0.5, 0.6) is 0 Å². The number of hydrogen-bond donors (Lipinski definition) is 1. The number of para-hydroxylation sites is 1. The molecule has 1 aliphatic rings. The molecule has 2 heterocycles. The maximum absolute atomic E-state index is 12.6. The zero-order valence-corrected chi connectivity index (χ0v) is 13.5. The van der Waals surface area contributed by atoms with Gasteiger partial charge in [-0.3, -0.25) is 9.89 Å². The number of aryl methyl sites for hydroxylation is 1. The van der Waals surface area contributed by atoms with Gasteiger partial charge >= 0.3 is 11.9 Å². The van der Waals surface area contributed by atoms with Crippen LogP contribution in [0.4, 0.5) is 0 Å². The molecule has 0 unspecified atom stereocenters. The van der Waals surface area contributed by atoms with Gasteiger partial charge in [0, 0.05) is 19.5 Å². The lowest BCUT2D eigenvalue weighted by Crippen LogP contribution is -2.41. The molecule has 0 radical (unpaired) electrons. The highest BCUT2D eigenvalue weighted by Crippen LogP contribution is 2.24. The minimum Gasteiger partial charge on any atom is -0.419 e. The normalized spacial score (nSPS) is 16.5. The number of carbonyl (C=O) groups excluding carboxylic acids is 2. The van der Waals surface area contributed by atoms with Gasteiger partial charge in [0.15, 0.2) is 0 Å². The second kappa shape index (κ2) is 5.52. The Morgan fingerprint density at radius 3 is 2.21 bits per heavy atom. The Hall–Kier alpha value is -3.09. The fourth-order valence-corrected chi connectivity index (χ4v) is 2.41. The molecule has 7 heteroatoms. The SMILES string of the molecule is Cc1[nH]n(-c2ccccc2)c(=O)c1C=C1C(=O)OC(C)(C)OC1=O. The number of rotatable bonds is 2. The van der Waals surface area contributed by atoms with Gasteiger partial charge in [-0.1, -0.05) is 18.2 Å². The summed E-state index contributed by atoms with van der Waals surface area (Å²) in [7, 11) is 0. The lowest BCUT2D eigenvalue weighted by atomic mass is 10.1. The van der Waals surface area contributed by atoms with Crippen molar-refractivity contribution >= 4 is 18.0 Å². The van der Waals surface area contributed by atoms with E-state index in [1.807, 2.05) is 6.07 Å². The number of benzene rings is 1. The van der Waals surface area contributed by atoms with Crippen molar-refractivity contribution in [3.63, 3.8) is 0 Å². The number of aromatic nitrogens is 2. The maximum Gasteiger partial charge on any atom is 0.348 e. The van der Waals surface area contributed by atoms with Crippen molar-refractivity contribution in [2.24, 2.45) is 0 Å². The van der Waals surface area contributed by atoms with Crippen LogP contribution in [0.25, 0.3) is 11.8 Å². The molecule has 0 aliphatic carbocycles. The highest BCUT2D eigenvalue weighted by molar-refractivity contribution is 6.18. The molecular formula is C17H16N2O5. The first kappa shape index (κ1) is 15.8. The van der Waals surface area contributed by atoms with Gasteiger partial charge in [0.2, 0.25) is 0 Å². The largest absolute Gasteiger partial charge is 0.419 e. The van der Waals surface area contributed by atoms with Crippen LogP contribution >= 0.6 is 0 Å². The second-order valence-electron chi connectivity index (χ2n) is 5.86. The molecule has 1 aromatic heterocycles. The second-order valence-corrected chi connectivity index (χ2v) is 5.86. The van der Waals surface area contributed by atoms with Crippen molar-refractivity contribution in [2.45, 2.75) is 26.6 Å². The Morgan fingerprint density at radius 2 is 1.62 bits per heavy atom. The van der Waals surface area contributed by atoms with Crippen LogP contribution in [0.2, 0.25) is 0 Å². The monoisotopic (exact) mass is 328 g/mol. The summed E-state index contributed by atoms with van der Waals surface area (Å²) in [6, 6.07) is 8.96. The molecule has 1 N–H and O–H groups in total. The molecule has 1 saturated heterocycles. The third-order valence-corrected chi connectivity index (χ3v) is 3.54. The summed E-state index contributed by atoms with van der Waals surface area (Å²) < 4.78 is 11.4. The summed E-state index contributed by atoms with van der Waals surface area (Å²) in [5, 5.41) is 2.92. The Bertz CT molecular complexity index is 881.